The Bertz CT molecular complexity index is 957. The highest BCUT2D eigenvalue weighted by Gasteiger charge is 3.05. The second-order valence-corrected chi connectivity index (χ2v) is 10.8. The molecule has 0 bridgehead atoms. The zero-order chi connectivity index (χ0) is 22.7. The second kappa shape index (κ2) is 4.91. The van der Waals surface area contributed by atoms with Gasteiger partial charge in [-0.05, 0) is 12.3 Å². The minimum Gasteiger partial charge on any atom is -0.456 e. The average molecular weight is 440 g/mol. The normalized spacial score (nSPS) is 61.0. The molecular formula is C20H24O11. The van der Waals surface area contributed by atoms with Crippen molar-refractivity contribution in [1.82, 2.24) is 0 Å². The summed E-state index contributed by atoms with van der Waals surface area (Å²) < 4.78 is 22.2. The van der Waals surface area contributed by atoms with Gasteiger partial charge in [0.05, 0.1) is 22.9 Å². The van der Waals surface area contributed by atoms with Gasteiger partial charge < -0.3 is 39.4 Å². The Balaban J connectivity index is 1.75. The largest absolute Gasteiger partial charge is 0.456 e. The fraction of sp³-hybridized carbons (Fsp3) is 0.850. The molecule has 6 aliphatic rings. The maximum atomic E-state index is 13.4. The summed E-state index contributed by atoms with van der Waals surface area (Å²) in [7, 11) is 0. The molecule has 6 fully saturated rings. The molecule has 6 rings (SSSR count). The van der Waals surface area contributed by atoms with Gasteiger partial charge in [0.2, 0.25) is 11.9 Å². The number of esters is 3. The highest BCUT2D eigenvalue weighted by molar-refractivity contribution is 5.94. The van der Waals surface area contributed by atoms with E-state index in [4.69, 9.17) is 18.9 Å². The van der Waals surface area contributed by atoms with Crippen molar-refractivity contribution in [1.29, 1.82) is 0 Å². The second-order valence-electron chi connectivity index (χ2n) is 10.8. The van der Waals surface area contributed by atoms with E-state index in [1.807, 2.05) is 0 Å². The topological polar surface area (TPSA) is 169 Å². The van der Waals surface area contributed by atoms with Crippen LogP contribution in [0.15, 0.2) is 0 Å². The molecule has 12 atom stereocenters. The first-order chi connectivity index (χ1) is 14.3. The molecule has 11 nitrogen and oxygen atoms in total. The van der Waals surface area contributed by atoms with Crippen LogP contribution >= 0.6 is 0 Å². The maximum absolute atomic E-state index is 13.4. The smallest absolute Gasteiger partial charge is 0.343 e. The summed E-state index contributed by atoms with van der Waals surface area (Å²) in [6.45, 7) is 6.63. The highest BCUT2D eigenvalue weighted by atomic mass is 16.8. The Hall–Kier alpha value is -1.79. The van der Waals surface area contributed by atoms with Crippen LogP contribution < -0.4 is 0 Å². The van der Waals surface area contributed by atoms with E-state index >= 15 is 0 Å². The quantitative estimate of drug-likeness (QED) is 0.234. The number of rotatable bonds is 0. The lowest BCUT2D eigenvalue weighted by atomic mass is 9.51. The number of aliphatic hydroxyl groups excluding tert-OH is 3. The minimum absolute atomic E-state index is 0.792. The summed E-state index contributed by atoms with van der Waals surface area (Å²) in [6.07, 6.45) is -9.69. The molecule has 0 aromatic carbocycles. The van der Waals surface area contributed by atoms with Gasteiger partial charge in [-0.15, -0.1) is 0 Å². The Kier molecular flexibility index (Phi) is 3.15. The van der Waals surface area contributed by atoms with E-state index in [0.29, 0.717) is 0 Å². The molecule has 4 saturated heterocycles. The van der Waals surface area contributed by atoms with Crippen LogP contribution in [0.1, 0.15) is 27.7 Å². The van der Waals surface area contributed by atoms with Crippen molar-refractivity contribution in [3.05, 3.63) is 0 Å². The van der Waals surface area contributed by atoms with Crippen molar-refractivity contribution in [3.63, 3.8) is 0 Å². The lowest BCUT2D eigenvalue weighted by Gasteiger charge is -2.47. The third kappa shape index (κ3) is 1.43. The van der Waals surface area contributed by atoms with Crippen molar-refractivity contribution < 1.29 is 53.8 Å². The van der Waals surface area contributed by atoms with Crippen LogP contribution in [-0.2, 0) is 33.3 Å². The zero-order valence-electron chi connectivity index (χ0n) is 17.3. The highest BCUT2D eigenvalue weighted by Crippen LogP contribution is 2.84. The Morgan fingerprint density at radius 2 is 1.58 bits per heavy atom. The summed E-state index contributed by atoms with van der Waals surface area (Å²) in [5, 5.41) is 46.1. The standard InChI is InChI=1S/C20H24O11/c1-5-12(24)28-11-8(22)18-10-6(21)7(16(2,3)4)17(18)9(23)13(25)30-15(17)31-20(18,14(26)29-10)19(5,11)27/h5-11,15,21-23,27H,1-4H3/t5-,6+,7+,8+,9+,10?,11+,15?,17?,18-,19-,20+/m1/s1. The third-order valence-electron chi connectivity index (χ3n) is 8.95. The molecule has 2 saturated carbocycles. The van der Waals surface area contributed by atoms with Crippen molar-refractivity contribution in [2.45, 2.75) is 75.7 Å². The first-order valence-electron chi connectivity index (χ1n) is 10.3. The van der Waals surface area contributed by atoms with E-state index < -0.39 is 94.0 Å². The van der Waals surface area contributed by atoms with Gasteiger partial charge in [0, 0.05) is 5.92 Å². The van der Waals surface area contributed by atoms with E-state index in [1.54, 1.807) is 20.8 Å². The molecule has 0 aromatic rings. The average Bonchev–Trinajstić information content (AvgIpc) is 3.35. The molecule has 3 unspecified atom stereocenters. The predicted molar refractivity (Wildman–Crippen MR) is 93.4 cm³/mol. The van der Waals surface area contributed by atoms with Gasteiger partial charge in [0.15, 0.2) is 17.8 Å². The monoisotopic (exact) mass is 440 g/mol. The Labute approximate surface area is 176 Å². The molecule has 170 valence electrons. The van der Waals surface area contributed by atoms with Crippen molar-refractivity contribution in [3.8, 4) is 0 Å². The maximum Gasteiger partial charge on any atom is 0.343 e. The predicted octanol–water partition coefficient (Wildman–Crippen LogP) is -2.40. The molecule has 4 heterocycles. The van der Waals surface area contributed by atoms with Crippen LogP contribution in [0.25, 0.3) is 0 Å². The molecule has 0 aromatic heterocycles. The lowest BCUT2D eigenvalue weighted by Crippen LogP contribution is -2.67. The van der Waals surface area contributed by atoms with E-state index in [2.05, 4.69) is 0 Å². The molecule has 0 radical (unpaired) electrons. The molecule has 2 spiro atoms. The van der Waals surface area contributed by atoms with E-state index in [-0.39, 0.29) is 0 Å². The summed E-state index contributed by atoms with van der Waals surface area (Å²) in [5.41, 5.74) is -9.40. The molecule has 11 heteroatoms. The minimum atomic E-state index is -2.40. The lowest BCUT2D eigenvalue weighted by molar-refractivity contribution is -0.240. The summed E-state index contributed by atoms with van der Waals surface area (Å²) >= 11 is 0. The van der Waals surface area contributed by atoms with Crippen LogP contribution in [0.3, 0.4) is 0 Å². The van der Waals surface area contributed by atoms with Gasteiger partial charge in [0.1, 0.15) is 12.2 Å². The van der Waals surface area contributed by atoms with Gasteiger partial charge in [-0.3, -0.25) is 4.79 Å². The van der Waals surface area contributed by atoms with E-state index in [0.717, 1.165) is 0 Å². The van der Waals surface area contributed by atoms with Crippen LogP contribution in [-0.4, -0.2) is 86.3 Å². The molecular weight excluding hydrogens is 416 g/mol. The first kappa shape index (κ1) is 19.9. The van der Waals surface area contributed by atoms with Crippen molar-refractivity contribution in [2.75, 3.05) is 0 Å². The van der Waals surface area contributed by atoms with E-state index in [9.17, 15) is 34.8 Å². The van der Waals surface area contributed by atoms with Crippen LogP contribution in [0.4, 0.5) is 0 Å². The number of hydrogen-bond acceptors (Lipinski definition) is 11. The molecule has 31 heavy (non-hydrogen) atoms. The molecule has 2 aliphatic carbocycles. The van der Waals surface area contributed by atoms with Gasteiger partial charge >= 0.3 is 17.9 Å². The zero-order valence-corrected chi connectivity index (χ0v) is 17.3. The van der Waals surface area contributed by atoms with Crippen LogP contribution in [0.2, 0.25) is 0 Å². The van der Waals surface area contributed by atoms with Gasteiger partial charge in [-0.1, -0.05) is 20.8 Å². The summed E-state index contributed by atoms with van der Waals surface area (Å²) in [4.78, 5) is 38.3. The fourth-order valence-electron chi connectivity index (χ4n) is 8.27. The van der Waals surface area contributed by atoms with Crippen LogP contribution in [0.5, 0.6) is 0 Å². The van der Waals surface area contributed by atoms with Crippen molar-refractivity contribution >= 4 is 17.9 Å². The van der Waals surface area contributed by atoms with E-state index in [1.165, 1.54) is 6.92 Å². The van der Waals surface area contributed by atoms with Crippen molar-refractivity contribution in [2.24, 2.45) is 28.1 Å². The molecule has 0 amide bonds. The number of fused-ring (bicyclic) bond motifs is 1. The Morgan fingerprint density at radius 3 is 2.19 bits per heavy atom. The fourth-order valence-corrected chi connectivity index (χ4v) is 8.27. The number of ether oxygens (including phenoxy) is 4. The van der Waals surface area contributed by atoms with Gasteiger partial charge in [-0.2, -0.15) is 0 Å². The number of carbonyl (C=O) groups is 3. The number of carbonyl (C=O) groups excluding carboxylic acids is 3. The van der Waals surface area contributed by atoms with Gasteiger partial charge in [-0.25, -0.2) is 9.59 Å². The Morgan fingerprint density at radius 1 is 0.935 bits per heavy atom. The molecule has 4 aliphatic heterocycles. The third-order valence-corrected chi connectivity index (χ3v) is 8.95. The summed E-state index contributed by atoms with van der Waals surface area (Å²) in [5.74, 6) is -5.22. The molecule has 4 N–H and O–H groups in total. The SMILES string of the molecule is C[C@@H]1C(=O)O[C@H]2[C@H](O)[C@]34C5OC(=O)[C@@]3(OC3OC(=O)[C@H](O)C34[C@H](C(C)(C)C)[C@@H]5O)[C@@]12O. The number of hydrogen-bond donors (Lipinski definition) is 4. The number of aliphatic hydroxyl groups is 4. The van der Waals surface area contributed by atoms with Crippen LogP contribution in [0, 0.1) is 28.1 Å². The first-order valence-corrected chi connectivity index (χ1v) is 10.3. The van der Waals surface area contributed by atoms with Gasteiger partial charge in [0.25, 0.3) is 0 Å². The summed E-state index contributed by atoms with van der Waals surface area (Å²) in [6, 6.07) is 0.